The van der Waals surface area contributed by atoms with Gasteiger partial charge in [-0.2, -0.15) is 0 Å². The van der Waals surface area contributed by atoms with Crippen LogP contribution in [0.3, 0.4) is 0 Å². The Balaban J connectivity index is 1.29. The van der Waals surface area contributed by atoms with Crippen LogP contribution in [-0.4, -0.2) is 79.7 Å². The summed E-state index contributed by atoms with van der Waals surface area (Å²) in [6, 6.07) is 14.1. The molecule has 7 heteroatoms. The summed E-state index contributed by atoms with van der Waals surface area (Å²) in [7, 11) is 0. The summed E-state index contributed by atoms with van der Waals surface area (Å²) in [5.41, 5.74) is -0.0495. The number of hydrogen-bond acceptors (Lipinski definition) is 6. The summed E-state index contributed by atoms with van der Waals surface area (Å²) >= 11 is 0. The van der Waals surface area contributed by atoms with Gasteiger partial charge in [0.1, 0.15) is 36.1 Å². The fraction of sp³-hybridized carbons (Fsp3) is 0.538. The largest absolute Gasteiger partial charge is 0.492 e. The standard InChI is InChI=1S/C26H35FN2O4/c27-23-7-5-9-25(17-23)33-21-26(30)19-29(12-14-31-20-26)18-22-6-4-8-24(16-22)32-15-13-28-10-2-1-3-11-28/h4-9,16-17,30H,1-3,10-15,18-21H2/t26-/m1/s1. The van der Waals surface area contributed by atoms with E-state index in [1.54, 1.807) is 12.1 Å². The van der Waals surface area contributed by atoms with Gasteiger partial charge in [0.05, 0.1) is 13.2 Å². The van der Waals surface area contributed by atoms with E-state index in [9.17, 15) is 9.50 Å². The molecule has 2 aliphatic rings. The van der Waals surface area contributed by atoms with Gasteiger partial charge >= 0.3 is 0 Å². The van der Waals surface area contributed by atoms with Crippen LogP contribution in [0, 0.1) is 5.82 Å². The average Bonchev–Trinajstić information content (AvgIpc) is 3.00. The van der Waals surface area contributed by atoms with Crippen molar-refractivity contribution in [3.8, 4) is 11.5 Å². The molecule has 0 saturated carbocycles. The van der Waals surface area contributed by atoms with Crippen molar-refractivity contribution in [2.75, 3.05) is 59.2 Å². The first kappa shape index (κ1) is 24.0. The number of aliphatic hydroxyl groups is 1. The molecule has 0 amide bonds. The van der Waals surface area contributed by atoms with Crippen molar-refractivity contribution >= 4 is 0 Å². The smallest absolute Gasteiger partial charge is 0.134 e. The molecule has 2 heterocycles. The van der Waals surface area contributed by atoms with E-state index in [0.29, 0.717) is 38.6 Å². The number of hydrogen-bond donors (Lipinski definition) is 1. The topological polar surface area (TPSA) is 54.4 Å². The number of likely N-dealkylation sites (tertiary alicyclic amines) is 1. The quantitative estimate of drug-likeness (QED) is 0.622. The normalized spacial score (nSPS) is 22.6. The van der Waals surface area contributed by atoms with Gasteiger partial charge < -0.3 is 19.3 Å². The highest BCUT2D eigenvalue weighted by molar-refractivity contribution is 5.28. The lowest BCUT2D eigenvalue weighted by molar-refractivity contribution is -0.0647. The number of β-amino-alcohol motifs (C(OH)–C–C–N with tert-alkyl or cyclic N) is 1. The highest BCUT2D eigenvalue weighted by Crippen LogP contribution is 2.21. The maximum Gasteiger partial charge on any atom is 0.134 e. The molecule has 0 unspecified atom stereocenters. The molecule has 0 bridgehead atoms. The predicted octanol–water partition coefficient (Wildman–Crippen LogP) is 3.33. The molecule has 0 aliphatic carbocycles. The molecule has 4 rings (SSSR count). The van der Waals surface area contributed by atoms with Gasteiger partial charge in [-0.05, 0) is 55.8 Å². The molecule has 0 aromatic heterocycles. The van der Waals surface area contributed by atoms with Gasteiger partial charge in [-0.25, -0.2) is 4.39 Å². The Morgan fingerprint density at radius 2 is 1.73 bits per heavy atom. The summed E-state index contributed by atoms with van der Waals surface area (Å²) in [5.74, 6) is 0.908. The van der Waals surface area contributed by atoms with Crippen molar-refractivity contribution in [1.29, 1.82) is 0 Å². The lowest BCUT2D eigenvalue weighted by atomic mass is 10.1. The van der Waals surface area contributed by atoms with Crippen LogP contribution >= 0.6 is 0 Å². The maximum atomic E-state index is 13.4. The van der Waals surface area contributed by atoms with Crippen LogP contribution in [0.15, 0.2) is 48.5 Å². The first-order chi connectivity index (χ1) is 16.1. The van der Waals surface area contributed by atoms with Gasteiger partial charge in [-0.1, -0.05) is 24.6 Å². The lowest BCUT2D eigenvalue weighted by Crippen LogP contribution is -2.48. The molecular formula is C26H35FN2O4. The van der Waals surface area contributed by atoms with Crippen molar-refractivity contribution < 1.29 is 23.7 Å². The minimum atomic E-state index is -1.18. The number of rotatable bonds is 9. The number of benzene rings is 2. The van der Waals surface area contributed by atoms with E-state index in [1.807, 2.05) is 12.1 Å². The van der Waals surface area contributed by atoms with Crippen molar-refractivity contribution in [3.63, 3.8) is 0 Å². The fourth-order valence-electron chi connectivity index (χ4n) is 4.46. The van der Waals surface area contributed by atoms with Crippen LogP contribution in [0.4, 0.5) is 4.39 Å². The number of halogens is 1. The van der Waals surface area contributed by atoms with Crippen molar-refractivity contribution in [3.05, 3.63) is 59.9 Å². The second kappa shape index (κ2) is 11.8. The maximum absolute atomic E-state index is 13.4. The third kappa shape index (κ3) is 7.67. The van der Waals surface area contributed by atoms with Crippen LogP contribution in [0.25, 0.3) is 0 Å². The van der Waals surface area contributed by atoms with E-state index in [0.717, 1.165) is 17.9 Å². The minimum Gasteiger partial charge on any atom is -0.492 e. The van der Waals surface area contributed by atoms with E-state index in [1.165, 1.54) is 44.5 Å². The second-order valence-electron chi connectivity index (χ2n) is 9.13. The highest BCUT2D eigenvalue weighted by atomic mass is 19.1. The van der Waals surface area contributed by atoms with Gasteiger partial charge in [-0.15, -0.1) is 0 Å². The van der Waals surface area contributed by atoms with Crippen LogP contribution in [0.5, 0.6) is 11.5 Å². The molecule has 0 radical (unpaired) electrons. The Bertz CT molecular complexity index is 877. The van der Waals surface area contributed by atoms with Crippen molar-refractivity contribution in [2.24, 2.45) is 0 Å². The molecular weight excluding hydrogens is 423 g/mol. The average molecular weight is 459 g/mol. The van der Waals surface area contributed by atoms with E-state index in [4.69, 9.17) is 14.2 Å². The Morgan fingerprint density at radius 3 is 2.55 bits per heavy atom. The zero-order valence-electron chi connectivity index (χ0n) is 19.3. The molecule has 2 fully saturated rings. The third-order valence-electron chi connectivity index (χ3n) is 6.17. The van der Waals surface area contributed by atoms with E-state index < -0.39 is 5.60 Å². The van der Waals surface area contributed by atoms with E-state index >= 15 is 0 Å². The number of nitrogens with zero attached hydrogens (tertiary/aromatic N) is 2. The molecule has 2 aliphatic heterocycles. The monoisotopic (exact) mass is 458 g/mol. The van der Waals surface area contributed by atoms with Gasteiger partial charge in [0.25, 0.3) is 0 Å². The van der Waals surface area contributed by atoms with E-state index in [2.05, 4.69) is 21.9 Å². The highest BCUT2D eigenvalue weighted by Gasteiger charge is 2.33. The van der Waals surface area contributed by atoms with Gasteiger partial charge in [-0.3, -0.25) is 9.80 Å². The lowest BCUT2D eigenvalue weighted by Gasteiger charge is -2.30. The molecule has 1 atom stereocenters. The summed E-state index contributed by atoms with van der Waals surface area (Å²) in [4.78, 5) is 4.63. The minimum absolute atomic E-state index is 0.0343. The van der Waals surface area contributed by atoms with Crippen LogP contribution in [0.2, 0.25) is 0 Å². The third-order valence-corrected chi connectivity index (χ3v) is 6.17. The Labute approximate surface area is 195 Å². The van der Waals surface area contributed by atoms with Gasteiger partial charge in [0, 0.05) is 32.2 Å². The SMILES string of the molecule is O[C@@]1(COc2cccc(F)c2)COCCN(Cc2cccc(OCCN3CCCCC3)c2)C1. The summed E-state index contributed by atoms with van der Waals surface area (Å²) in [6.07, 6.45) is 3.91. The fourth-order valence-corrected chi connectivity index (χ4v) is 4.46. The molecule has 2 aromatic carbocycles. The first-order valence-electron chi connectivity index (χ1n) is 11.9. The summed E-state index contributed by atoms with van der Waals surface area (Å²) in [6.45, 7) is 6.54. The molecule has 0 spiro atoms. The van der Waals surface area contributed by atoms with Crippen LogP contribution in [-0.2, 0) is 11.3 Å². The van der Waals surface area contributed by atoms with Crippen molar-refractivity contribution in [2.45, 2.75) is 31.4 Å². The van der Waals surface area contributed by atoms with Gasteiger partial charge in [0.15, 0.2) is 0 Å². The van der Waals surface area contributed by atoms with Gasteiger partial charge in [0.2, 0.25) is 0 Å². The molecule has 1 N–H and O–H groups in total. The molecule has 2 aromatic rings. The zero-order chi connectivity index (χ0) is 22.9. The zero-order valence-corrected chi connectivity index (χ0v) is 19.3. The second-order valence-corrected chi connectivity index (χ2v) is 9.13. The molecule has 33 heavy (non-hydrogen) atoms. The Kier molecular flexibility index (Phi) is 8.56. The Morgan fingerprint density at radius 1 is 0.939 bits per heavy atom. The molecule has 2 saturated heterocycles. The molecule has 180 valence electrons. The summed E-state index contributed by atoms with van der Waals surface area (Å²) in [5, 5.41) is 11.1. The van der Waals surface area contributed by atoms with Crippen LogP contribution in [0.1, 0.15) is 24.8 Å². The number of piperidine rings is 1. The van der Waals surface area contributed by atoms with Crippen molar-refractivity contribution in [1.82, 2.24) is 9.80 Å². The predicted molar refractivity (Wildman–Crippen MR) is 125 cm³/mol. The molecule has 6 nitrogen and oxygen atoms in total. The van der Waals surface area contributed by atoms with E-state index in [-0.39, 0.29) is 19.0 Å². The Hall–Kier alpha value is -2.19. The van der Waals surface area contributed by atoms with Crippen LogP contribution < -0.4 is 9.47 Å². The number of ether oxygens (including phenoxy) is 3. The summed E-state index contributed by atoms with van der Waals surface area (Å²) < 4.78 is 30.8. The first-order valence-corrected chi connectivity index (χ1v) is 11.9.